The fourth-order valence-corrected chi connectivity index (χ4v) is 4.77. The molecule has 2 heterocycles. The fourth-order valence-electron chi connectivity index (χ4n) is 4.77. The summed E-state index contributed by atoms with van der Waals surface area (Å²) in [5.41, 5.74) is 4.05. The molecule has 1 atom stereocenters. The highest BCUT2D eigenvalue weighted by molar-refractivity contribution is 6.00. The number of phenolic OH excluding ortho intramolecular Hbond substituents is 1. The van der Waals surface area contributed by atoms with E-state index in [1.165, 1.54) is 12.1 Å². The highest BCUT2D eigenvalue weighted by Crippen LogP contribution is 2.36. The van der Waals surface area contributed by atoms with E-state index < -0.39 is 0 Å². The van der Waals surface area contributed by atoms with Crippen LogP contribution in [0.3, 0.4) is 0 Å². The van der Waals surface area contributed by atoms with Crippen molar-refractivity contribution in [2.24, 2.45) is 0 Å². The van der Waals surface area contributed by atoms with Gasteiger partial charge in [-0.2, -0.15) is 5.26 Å². The molecule has 0 radical (unpaired) electrons. The molecule has 1 fully saturated rings. The normalized spacial score (nSPS) is 16.6. The Morgan fingerprint density at radius 3 is 2.69 bits per heavy atom. The van der Waals surface area contributed by atoms with Crippen molar-refractivity contribution >= 4 is 17.5 Å². The molecule has 2 amide bonds. The van der Waals surface area contributed by atoms with Crippen LogP contribution < -0.4 is 10.1 Å². The molecule has 0 aliphatic carbocycles. The Labute approximate surface area is 209 Å². The zero-order valence-electron chi connectivity index (χ0n) is 19.9. The maximum atomic E-state index is 13.6. The Bertz CT molecular complexity index is 1370. The Morgan fingerprint density at radius 1 is 1.17 bits per heavy atom. The first-order valence-corrected chi connectivity index (χ1v) is 11.8. The van der Waals surface area contributed by atoms with E-state index in [9.17, 15) is 20.0 Å². The molecule has 3 aromatic rings. The van der Waals surface area contributed by atoms with Crippen molar-refractivity contribution in [2.45, 2.75) is 32.2 Å². The molecule has 2 aliphatic heterocycles. The second kappa shape index (κ2) is 9.62. The minimum absolute atomic E-state index is 0.0133. The van der Waals surface area contributed by atoms with Gasteiger partial charge in [0.15, 0.2) is 0 Å². The van der Waals surface area contributed by atoms with Gasteiger partial charge in [-0.25, -0.2) is 0 Å². The van der Waals surface area contributed by atoms with Gasteiger partial charge in [0, 0.05) is 38.8 Å². The minimum Gasteiger partial charge on any atom is -0.507 e. The van der Waals surface area contributed by atoms with Crippen molar-refractivity contribution in [3.8, 4) is 17.6 Å². The van der Waals surface area contributed by atoms with E-state index in [4.69, 9.17) is 4.74 Å². The Hall–Kier alpha value is -4.51. The average molecular weight is 483 g/mol. The molecular formula is C28H26N4O4. The van der Waals surface area contributed by atoms with Crippen LogP contribution in [-0.2, 0) is 24.5 Å². The molecule has 5 rings (SSSR count). The second-order valence-corrected chi connectivity index (χ2v) is 9.18. The summed E-state index contributed by atoms with van der Waals surface area (Å²) >= 11 is 0. The lowest BCUT2D eigenvalue weighted by molar-refractivity contribution is -0.126. The molecular weight excluding hydrogens is 456 g/mol. The first-order valence-electron chi connectivity index (χ1n) is 11.8. The van der Waals surface area contributed by atoms with Crippen LogP contribution in [0, 0.1) is 11.3 Å². The number of hydrogen-bond acceptors (Lipinski definition) is 6. The molecule has 2 N–H and O–H groups in total. The molecule has 0 unspecified atom stereocenters. The zero-order valence-corrected chi connectivity index (χ0v) is 19.9. The van der Waals surface area contributed by atoms with Crippen molar-refractivity contribution in [3.05, 3.63) is 88.5 Å². The smallest absolute Gasteiger partial charge is 0.262 e. The first-order chi connectivity index (χ1) is 17.4. The summed E-state index contributed by atoms with van der Waals surface area (Å²) in [5, 5.41) is 23.6. The number of nitriles is 1. The number of benzene rings is 3. The third kappa shape index (κ3) is 4.56. The summed E-state index contributed by atoms with van der Waals surface area (Å²) in [6, 6.07) is 20.1. The predicted molar refractivity (Wildman–Crippen MR) is 133 cm³/mol. The van der Waals surface area contributed by atoms with Crippen LogP contribution in [0.2, 0.25) is 0 Å². The third-order valence-corrected chi connectivity index (χ3v) is 6.63. The van der Waals surface area contributed by atoms with Crippen LogP contribution in [0.15, 0.2) is 60.7 Å². The summed E-state index contributed by atoms with van der Waals surface area (Å²) in [6.45, 7) is 1.56. The number of carbonyl (C=O) groups excluding carboxylic acids is 2. The van der Waals surface area contributed by atoms with Crippen molar-refractivity contribution in [3.63, 3.8) is 0 Å². The highest BCUT2D eigenvalue weighted by Gasteiger charge is 2.32. The number of anilines is 1. The zero-order chi connectivity index (χ0) is 25.2. The average Bonchev–Trinajstić information content (AvgIpc) is 3.46. The van der Waals surface area contributed by atoms with Crippen LogP contribution in [-0.4, -0.2) is 46.4 Å². The Balaban J connectivity index is 1.38. The molecule has 1 saturated heterocycles. The van der Waals surface area contributed by atoms with E-state index in [0.29, 0.717) is 26.1 Å². The highest BCUT2D eigenvalue weighted by atomic mass is 16.5. The molecule has 3 aromatic carbocycles. The summed E-state index contributed by atoms with van der Waals surface area (Å²) in [7, 11) is 1.79. The lowest BCUT2D eigenvalue weighted by Gasteiger charge is -2.20. The maximum absolute atomic E-state index is 13.6. The monoisotopic (exact) mass is 482 g/mol. The third-order valence-electron chi connectivity index (χ3n) is 6.63. The quantitative estimate of drug-likeness (QED) is 0.556. The lowest BCUT2D eigenvalue weighted by Crippen LogP contribution is -2.27. The summed E-state index contributed by atoms with van der Waals surface area (Å²) < 4.78 is 5.93. The minimum atomic E-state index is -0.377. The van der Waals surface area contributed by atoms with Crippen molar-refractivity contribution in [1.82, 2.24) is 9.80 Å². The second-order valence-electron chi connectivity index (χ2n) is 9.18. The van der Waals surface area contributed by atoms with Gasteiger partial charge in [-0.05, 0) is 34.9 Å². The van der Waals surface area contributed by atoms with E-state index in [0.717, 1.165) is 22.4 Å². The summed E-state index contributed by atoms with van der Waals surface area (Å²) in [6.07, 6.45) is 0.435. The van der Waals surface area contributed by atoms with E-state index in [1.54, 1.807) is 16.8 Å². The van der Waals surface area contributed by atoms with Gasteiger partial charge in [0.05, 0.1) is 17.7 Å². The van der Waals surface area contributed by atoms with Crippen LogP contribution in [0.5, 0.6) is 11.5 Å². The van der Waals surface area contributed by atoms with Gasteiger partial charge in [-0.15, -0.1) is 0 Å². The van der Waals surface area contributed by atoms with Gasteiger partial charge in [-0.3, -0.25) is 9.59 Å². The molecule has 8 heteroatoms. The molecule has 0 aromatic heterocycles. The molecule has 36 heavy (non-hydrogen) atoms. The molecule has 0 bridgehead atoms. The number of likely N-dealkylation sites (tertiary alicyclic amines) is 1. The molecule has 182 valence electrons. The lowest BCUT2D eigenvalue weighted by atomic mass is 10.1. The maximum Gasteiger partial charge on any atom is 0.262 e. The number of fused-ring (bicyclic) bond motifs is 1. The molecule has 8 nitrogen and oxygen atoms in total. The number of carbonyl (C=O) groups is 2. The number of nitrogens with zero attached hydrogens (tertiary/aromatic N) is 3. The number of phenols is 1. The largest absolute Gasteiger partial charge is 0.507 e. The topological polar surface area (TPSA) is 106 Å². The van der Waals surface area contributed by atoms with Crippen molar-refractivity contribution in [2.75, 3.05) is 18.9 Å². The number of aromatic hydroxyl groups is 1. The van der Waals surface area contributed by atoms with Crippen LogP contribution in [0.4, 0.5) is 5.69 Å². The van der Waals surface area contributed by atoms with Crippen LogP contribution in [0.1, 0.15) is 39.0 Å². The number of hydrogen-bond donors (Lipinski definition) is 2. The van der Waals surface area contributed by atoms with Crippen LogP contribution in [0.25, 0.3) is 0 Å². The van der Waals surface area contributed by atoms with E-state index >= 15 is 0 Å². The molecule has 2 aliphatic rings. The van der Waals surface area contributed by atoms with Gasteiger partial charge < -0.3 is 25.0 Å². The number of rotatable bonds is 6. The first kappa shape index (κ1) is 23.2. The van der Waals surface area contributed by atoms with Gasteiger partial charge in [-0.1, -0.05) is 42.5 Å². The SMILES string of the molecule is CN1C[C@H](Nc2cccc3c2CN(C(=O)c2c(O)cc(C#N)cc2OCc2ccccc2)C3)CC1=O. The van der Waals surface area contributed by atoms with Gasteiger partial charge in [0.2, 0.25) is 5.91 Å². The Morgan fingerprint density at radius 2 is 1.97 bits per heavy atom. The summed E-state index contributed by atoms with van der Waals surface area (Å²) in [4.78, 5) is 28.9. The molecule has 0 saturated carbocycles. The van der Waals surface area contributed by atoms with E-state index in [1.807, 2.05) is 54.6 Å². The number of likely N-dealkylation sites (N-methyl/N-ethyl adjacent to an activating group) is 1. The van der Waals surface area contributed by atoms with Gasteiger partial charge >= 0.3 is 0 Å². The Kier molecular flexibility index (Phi) is 6.21. The number of amides is 2. The fraction of sp³-hybridized carbons (Fsp3) is 0.250. The van der Waals surface area contributed by atoms with Crippen molar-refractivity contribution in [1.29, 1.82) is 5.26 Å². The number of nitrogens with one attached hydrogen (secondary N) is 1. The van der Waals surface area contributed by atoms with Crippen LogP contribution >= 0.6 is 0 Å². The van der Waals surface area contributed by atoms with Gasteiger partial charge in [0.25, 0.3) is 5.91 Å². The van der Waals surface area contributed by atoms with E-state index in [2.05, 4.69) is 5.32 Å². The summed E-state index contributed by atoms with van der Waals surface area (Å²) in [5.74, 6) is -0.389. The van der Waals surface area contributed by atoms with E-state index in [-0.39, 0.29) is 47.1 Å². The standard InChI is InChI=1S/C28H26N4O4/c1-31-15-21(12-26(31)34)30-23-9-5-8-20-14-32(16-22(20)23)28(35)27-24(33)10-19(13-29)11-25(27)36-17-18-6-3-2-4-7-18/h2-11,21,30,33H,12,14-17H2,1H3/t21-/m1/s1. The van der Waals surface area contributed by atoms with Gasteiger partial charge in [0.1, 0.15) is 23.7 Å². The predicted octanol–water partition coefficient (Wildman–Crippen LogP) is 3.64. The molecule has 0 spiro atoms. The number of ether oxygens (including phenoxy) is 1. The van der Waals surface area contributed by atoms with Crippen molar-refractivity contribution < 1.29 is 19.4 Å².